The van der Waals surface area contributed by atoms with Gasteiger partial charge in [0, 0.05) is 12.1 Å². The molecule has 0 radical (unpaired) electrons. The average molecular weight is 249 g/mol. The van der Waals surface area contributed by atoms with E-state index < -0.39 is 12.1 Å². The van der Waals surface area contributed by atoms with Gasteiger partial charge in [0.15, 0.2) is 6.10 Å². The van der Waals surface area contributed by atoms with E-state index in [4.69, 9.17) is 4.74 Å². The number of carbonyl (C=O) groups is 2. The molecule has 0 saturated carbocycles. The molecule has 0 aliphatic carbocycles. The van der Waals surface area contributed by atoms with Crippen molar-refractivity contribution in [1.29, 1.82) is 0 Å². The summed E-state index contributed by atoms with van der Waals surface area (Å²) in [4.78, 5) is 25.2. The lowest BCUT2D eigenvalue weighted by Gasteiger charge is -2.31. The van der Waals surface area contributed by atoms with Gasteiger partial charge in [0.2, 0.25) is 0 Å². The van der Waals surface area contributed by atoms with Crippen LogP contribution < -0.4 is 0 Å². The first-order chi connectivity index (χ1) is 8.72. The summed E-state index contributed by atoms with van der Waals surface area (Å²) in [7, 11) is 1.31. The van der Waals surface area contributed by atoms with Crippen molar-refractivity contribution in [1.82, 2.24) is 4.90 Å². The Hall–Kier alpha value is -1.88. The van der Waals surface area contributed by atoms with Gasteiger partial charge in [0.05, 0.1) is 20.3 Å². The number of benzene rings is 1. The van der Waals surface area contributed by atoms with Crippen molar-refractivity contribution in [2.75, 3.05) is 26.8 Å². The highest BCUT2D eigenvalue weighted by Gasteiger charge is 2.30. The van der Waals surface area contributed by atoms with E-state index in [1.54, 1.807) is 17.0 Å². The van der Waals surface area contributed by atoms with Crippen LogP contribution in [0.15, 0.2) is 30.3 Å². The minimum absolute atomic E-state index is 0.0900. The van der Waals surface area contributed by atoms with E-state index >= 15 is 0 Å². The number of hydrogen-bond acceptors (Lipinski definition) is 4. The Balaban J connectivity index is 2.05. The molecule has 1 amide bonds. The topological polar surface area (TPSA) is 55.8 Å². The van der Waals surface area contributed by atoms with Gasteiger partial charge in [0.1, 0.15) is 0 Å². The first kappa shape index (κ1) is 12.6. The molecule has 1 heterocycles. The molecular weight excluding hydrogens is 234 g/mol. The number of amides is 1. The number of rotatable bonds is 2. The Labute approximate surface area is 105 Å². The fourth-order valence-electron chi connectivity index (χ4n) is 1.87. The Morgan fingerprint density at radius 1 is 1.33 bits per heavy atom. The number of esters is 1. The second-order valence-corrected chi connectivity index (χ2v) is 4.00. The van der Waals surface area contributed by atoms with E-state index in [0.29, 0.717) is 18.7 Å². The van der Waals surface area contributed by atoms with Gasteiger partial charge in [-0.1, -0.05) is 18.2 Å². The van der Waals surface area contributed by atoms with E-state index in [1.165, 1.54) is 7.11 Å². The molecule has 2 rings (SSSR count). The van der Waals surface area contributed by atoms with Crippen LogP contribution in [0.2, 0.25) is 0 Å². The van der Waals surface area contributed by atoms with Crippen LogP contribution in [-0.2, 0) is 14.3 Å². The van der Waals surface area contributed by atoms with E-state index in [9.17, 15) is 9.59 Å². The van der Waals surface area contributed by atoms with Crippen LogP contribution in [-0.4, -0.2) is 49.7 Å². The quantitative estimate of drug-likeness (QED) is 0.724. The van der Waals surface area contributed by atoms with Gasteiger partial charge in [-0.15, -0.1) is 0 Å². The van der Waals surface area contributed by atoms with Crippen LogP contribution in [0.3, 0.4) is 0 Å². The Morgan fingerprint density at radius 3 is 2.72 bits per heavy atom. The average Bonchev–Trinajstić information content (AvgIpc) is 2.46. The summed E-state index contributed by atoms with van der Waals surface area (Å²) in [5.41, 5.74) is 0.614. The normalized spacial score (nSPS) is 19.4. The number of ether oxygens (including phenoxy) is 2. The highest BCUT2D eigenvalue weighted by molar-refractivity contribution is 5.94. The fourth-order valence-corrected chi connectivity index (χ4v) is 1.87. The van der Waals surface area contributed by atoms with Crippen LogP contribution in [0.25, 0.3) is 0 Å². The van der Waals surface area contributed by atoms with Crippen molar-refractivity contribution in [3.8, 4) is 0 Å². The van der Waals surface area contributed by atoms with Gasteiger partial charge in [-0.3, -0.25) is 4.79 Å². The van der Waals surface area contributed by atoms with Crippen molar-refractivity contribution >= 4 is 11.9 Å². The summed E-state index contributed by atoms with van der Waals surface area (Å²) >= 11 is 0. The maximum absolute atomic E-state index is 12.2. The zero-order valence-corrected chi connectivity index (χ0v) is 10.2. The van der Waals surface area contributed by atoms with Gasteiger partial charge in [-0.2, -0.15) is 0 Å². The molecule has 0 N–H and O–H groups in total. The molecule has 1 aromatic carbocycles. The third-order valence-corrected chi connectivity index (χ3v) is 2.84. The van der Waals surface area contributed by atoms with Crippen LogP contribution in [0.5, 0.6) is 0 Å². The number of morpholine rings is 1. The Morgan fingerprint density at radius 2 is 2.06 bits per heavy atom. The molecule has 1 unspecified atom stereocenters. The van der Waals surface area contributed by atoms with Gasteiger partial charge >= 0.3 is 5.97 Å². The predicted molar refractivity (Wildman–Crippen MR) is 64.1 cm³/mol. The van der Waals surface area contributed by atoms with Crippen molar-refractivity contribution < 1.29 is 19.1 Å². The molecule has 1 aliphatic rings. The highest BCUT2D eigenvalue weighted by Crippen LogP contribution is 2.11. The lowest BCUT2D eigenvalue weighted by molar-refractivity contribution is -0.158. The van der Waals surface area contributed by atoms with Crippen LogP contribution in [0, 0.1) is 0 Å². The molecule has 5 heteroatoms. The summed E-state index contributed by atoms with van der Waals surface area (Å²) in [6.45, 7) is 1.07. The standard InChI is InChI=1S/C13H15NO4/c1-17-13(16)11-9-14(7-8-18-11)12(15)10-5-3-2-4-6-10/h2-6,11H,7-9H2,1H3. The lowest BCUT2D eigenvalue weighted by atomic mass is 10.1. The summed E-state index contributed by atoms with van der Waals surface area (Å²) in [5.74, 6) is -0.534. The van der Waals surface area contributed by atoms with Crippen LogP contribution in [0.4, 0.5) is 0 Å². The molecule has 96 valence electrons. The largest absolute Gasteiger partial charge is 0.467 e. The summed E-state index contributed by atoms with van der Waals surface area (Å²) in [5, 5.41) is 0. The minimum Gasteiger partial charge on any atom is -0.467 e. The zero-order chi connectivity index (χ0) is 13.0. The lowest BCUT2D eigenvalue weighted by Crippen LogP contribution is -2.48. The fraction of sp³-hybridized carbons (Fsp3) is 0.385. The summed E-state index contributed by atoms with van der Waals surface area (Å²) in [6.07, 6.45) is -0.684. The molecule has 18 heavy (non-hydrogen) atoms. The molecular formula is C13H15NO4. The third kappa shape index (κ3) is 2.68. The molecule has 1 saturated heterocycles. The molecule has 0 spiro atoms. The number of carbonyl (C=O) groups excluding carboxylic acids is 2. The zero-order valence-electron chi connectivity index (χ0n) is 10.2. The second kappa shape index (κ2) is 5.64. The van der Waals surface area contributed by atoms with Crippen LogP contribution >= 0.6 is 0 Å². The van der Waals surface area contributed by atoms with Crippen molar-refractivity contribution in [3.05, 3.63) is 35.9 Å². The second-order valence-electron chi connectivity index (χ2n) is 4.00. The maximum Gasteiger partial charge on any atom is 0.336 e. The van der Waals surface area contributed by atoms with E-state index in [-0.39, 0.29) is 12.5 Å². The SMILES string of the molecule is COC(=O)C1CN(C(=O)c2ccccc2)CCO1. The van der Waals surface area contributed by atoms with Gasteiger partial charge in [-0.25, -0.2) is 4.79 Å². The smallest absolute Gasteiger partial charge is 0.336 e. The van der Waals surface area contributed by atoms with Crippen molar-refractivity contribution in [3.63, 3.8) is 0 Å². The number of methoxy groups -OCH3 is 1. The molecule has 1 aliphatic heterocycles. The molecule has 5 nitrogen and oxygen atoms in total. The number of hydrogen-bond donors (Lipinski definition) is 0. The number of nitrogens with zero attached hydrogens (tertiary/aromatic N) is 1. The van der Waals surface area contributed by atoms with Crippen molar-refractivity contribution in [2.45, 2.75) is 6.10 Å². The molecule has 1 fully saturated rings. The van der Waals surface area contributed by atoms with E-state index in [2.05, 4.69) is 4.74 Å². The minimum atomic E-state index is -0.684. The predicted octanol–water partition coefficient (Wildman–Crippen LogP) is 0.701. The summed E-state index contributed by atoms with van der Waals surface area (Å²) < 4.78 is 9.90. The first-order valence-corrected chi connectivity index (χ1v) is 5.76. The molecule has 0 bridgehead atoms. The molecule has 1 atom stereocenters. The maximum atomic E-state index is 12.2. The van der Waals surface area contributed by atoms with E-state index in [1.807, 2.05) is 18.2 Å². The van der Waals surface area contributed by atoms with E-state index in [0.717, 1.165) is 0 Å². The van der Waals surface area contributed by atoms with Gasteiger partial charge in [0.25, 0.3) is 5.91 Å². The monoisotopic (exact) mass is 249 g/mol. The highest BCUT2D eigenvalue weighted by atomic mass is 16.6. The van der Waals surface area contributed by atoms with Gasteiger partial charge < -0.3 is 14.4 Å². The van der Waals surface area contributed by atoms with Crippen molar-refractivity contribution in [2.24, 2.45) is 0 Å². The Bertz CT molecular complexity index is 432. The van der Waals surface area contributed by atoms with Gasteiger partial charge in [-0.05, 0) is 12.1 Å². The third-order valence-electron chi connectivity index (χ3n) is 2.84. The molecule has 0 aromatic heterocycles. The first-order valence-electron chi connectivity index (χ1n) is 5.76. The summed E-state index contributed by atoms with van der Waals surface area (Å²) in [6, 6.07) is 8.99. The Kier molecular flexibility index (Phi) is 3.94. The molecule has 1 aromatic rings. The van der Waals surface area contributed by atoms with Crippen LogP contribution in [0.1, 0.15) is 10.4 Å².